The Bertz CT molecular complexity index is 1240. The van der Waals surface area contributed by atoms with E-state index in [-0.39, 0.29) is 16.7 Å². The minimum Gasteiger partial charge on any atom is -0.481 e. The van der Waals surface area contributed by atoms with Gasteiger partial charge in [-0.1, -0.05) is 49.7 Å². The lowest BCUT2D eigenvalue weighted by molar-refractivity contribution is -0.122. The van der Waals surface area contributed by atoms with E-state index in [9.17, 15) is 13.2 Å². The molecule has 0 radical (unpaired) electrons. The third kappa shape index (κ3) is 6.27. The van der Waals surface area contributed by atoms with E-state index in [0.29, 0.717) is 22.1 Å². The Morgan fingerprint density at radius 2 is 1.58 bits per heavy atom. The van der Waals surface area contributed by atoms with Crippen LogP contribution in [-0.4, -0.2) is 20.4 Å². The molecule has 0 fully saturated rings. The summed E-state index contributed by atoms with van der Waals surface area (Å²) in [6, 6.07) is 18.5. The van der Waals surface area contributed by atoms with Crippen LogP contribution in [0.25, 0.3) is 0 Å². The van der Waals surface area contributed by atoms with Gasteiger partial charge in [-0.15, -0.1) is 0 Å². The number of hydrogen-bond donors (Lipinski definition) is 2. The molecule has 3 aromatic rings. The number of anilines is 2. The molecule has 0 bridgehead atoms. The number of ether oxygens (including phenoxy) is 1. The molecule has 6 nitrogen and oxygen atoms in total. The third-order valence-electron chi connectivity index (χ3n) is 5.07. The van der Waals surface area contributed by atoms with Gasteiger partial charge in [-0.2, -0.15) is 0 Å². The molecule has 0 aliphatic rings. The Kier molecular flexibility index (Phi) is 7.66. The number of sulfonamides is 1. The minimum atomic E-state index is -3.80. The summed E-state index contributed by atoms with van der Waals surface area (Å²) in [5.41, 5.74) is 2.71. The Balaban J connectivity index is 1.66. The van der Waals surface area contributed by atoms with Crippen molar-refractivity contribution in [3.63, 3.8) is 0 Å². The first-order valence-electron chi connectivity index (χ1n) is 10.5. The van der Waals surface area contributed by atoms with E-state index < -0.39 is 16.1 Å². The van der Waals surface area contributed by atoms with Gasteiger partial charge in [0, 0.05) is 10.7 Å². The molecule has 0 saturated heterocycles. The molecule has 0 spiro atoms. The molecule has 3 aromatic carbocycles. The average molecular weight is 487 g/mol. The lowest BCUT2D eigenvalue weighted by Gasteiger charge is -2.18. The number of amides is 1. The summed E-state index contributed by atoms with van der Waals surface area (Å²) in [7, 11) is -3.80. The maximum absolute atomic E-state index is 12.7. The van der Waals surface area contributed by atoms with Crippen LogP contribution >= 0.6 is 11.6 Å². The molecule has 33 heavy (non-hydrogen) atoms. The zero-order chi connectivity index (χ0) is 24.2. The number of hydrogen-bond acceptors (Lipinski definition) is 4. The number of carbonyl (C=O) groups is 1. The molecule has 0 aliphatic heterocycles. The molecule has 0 aliphatic carbocycles. The van der Waals surface area contributed by atoms with Gasteiger partial charge in [0.25, 0.3) is 15.9 Å². The number of aryl methyl sites for hydroxylation is 1. The fraction of sp³-hybridized carbons (Fsp3) is 0.240. The van der Waals surface area contributed by atoms with Crippen LogP contribution < -0.4 is 14.8 Å². The summed E-state index contributed by atoms with van der Waals surface area (Å²) in [5.74, 6) is 0.589. The third-order valence-corrected chi connectivity index (χ3v) is 6.87. The van der Waals surface area contributed by atoms with Gasteiger partial charge in [0.1, 0.15) is 5.75 Å². The van der Waals surface area contributed by atoms with Crippen molar-refractivity contribution in [2.24, 2.45) is 0 Å². The van der Waals surface area contributed by atoms with Crippen molar-refractivity contribution in [3.05, 3.63) is 82.9 Å². The molecule has 8 heteroatoms. The number of benzene rings is 3. The van der Waals surface area contributed by atoms with Crippen molar-refractivity contribution in [1.29, 1.82) is 0 Å². The molecule has 1 atom stereocenters. The standard InChI is InChI=1S/C25H27ClN2O4S/c1-16(2)22-7-5-6-8-24(22)32-18(4)25(29)27-19-11-13-21(14-12-19)33(30,31)28-20-10-9-17(3)23(26)15-20/h5-16,18,28H,1-4H3,(H,27,29)/t18-/m1/s1. The monoisotopic (exact) mass is 486 g/mol. The maximum Gasteiger partial charge on any atom is 0.265 e. The number of carbonyl (C=O) groups excluding carboxylic acids is 1. The SMILES string of the molecule is Cc1ccc(NS(=O)(=O)c2ccc(NC(=O)[C@@H](C)Oc3ccccc3C(C)C)cc2)cc1Cl. The second kappa shape index (κ2) is 10.3. The lowest BCUT2D eigenvalue weighted by Crippen LogP contribution is -2.30. The van der Waals surface area contributed by atoms with Crippen LogP contribution in [0.3, 0.4) is 0 Å². The van der Waals surface area contributed by atoms with Crippen LogP contribution in [0, 0.1) is 6.92 Å². The minimum absolute atomic E-state index is 0.0624. The van der Waals surface area contributed by atoms with Crippen LogP contribution in [0.2, 0.25) is 5.02 Å². The van der Waals surface area contributed by atoms with Crippen LogP contribution in [0.1, 0.15) is 37.8 Å². The smallest absolute Gasteiger partial charge is 0.265 e. The molecular formula is C25H27ClN2O4S. The Morgan fingerprint density at radius 3 is 2.21 bits per heavy atom. The summed E-state index contributed by atoms with van der Waals surface area (Å²) >= 11 is 6.07. The van der Waals surface area contributed by atoms with E-state index in [1.54, 1.807) is 25.1 Å². The van der Waals surface area contributed by atoms with Crippen molar-refractivity contribution in [3.8, 4) is 5.75 Å². The van der Waals surface area contributed by atoms with Crippen molar-refractivity contribution in [2.45, 2.75) is 44.6 Å². The van der Waals surface area contributed by atoms with Gasteiger partial charge in [-0.25, -0.2) is 8.42 Å². The first-order chi connectivity index (χ1) is 15.6. The molecule has 3 rings (SSSR count). The van der Waals surface area contributed by atoms with Crippen LogP contribution in [0.4, 0.5) is 11.4 Å². The predicted octanol–water partition coefficient (Wildman–Crippen LogP) is 5.98. The predicted molar refractivity (Wildman–Crippen MR) is 133 cm³/mol. The molecule has 0 aromatic heterocycles. The highest BCUT2D eigenvalue weighted by atomic mass is 35.5. The number of nitrogens with one attached hydrogen (secondary N) is 2. The van der Waals surface area contributed by atoms with Crippen LogP contribution in [0.5, 0.6) is 5.75 Å². The number of para-hydroxylation sites is 1. The van der Waals surface area contributed by atoms with E-state index in [0.717, 1.165) is 11.1 Å². The summed E-state index contributed by atoms with van der Waals surface area (Å²) in [6.07, 6.45) is -0.735. The molecular weight excluding hydrogens is 460 g/mol. The summed E-state index contributed by atoms with van der Waals surface area (Å²) in [5, 5.41) is 3.23. The van der Waals surface area contributed by atoms with Gasteiger partial charge < -0.3 is 10.1 Å². The molecule has 0 heterocycles. The molecule has 0 saturated carbocycles. The normalized spacial score (nSPS) is 12.3. The Labute approximate surface area is 200 Å². The number of rotatable bonds is 8. The van der Waals surface area contributed by atoms with Crippen molar-refractivity contribution in [2.75, 3.05) is 10.0 Å². The van der Waals surface area contributed by atoms with Gasteiger partial charge in [-0.05, 0) is 73.4 Å². The van der Waals surface area contributed by atoms with Gasteiger partial charge in [-0.3, -0.25) is 9.52 Å². The molecule has 174 valence electrons. The molecule has 0 unspecified atom stereocenters. The van der Waals surface area contributed by atoms with E-state index in [2.05, 4.69) is 23.9 Å². The first kappa shape index (κ1) is 24.6. The summed E-state index contributed by atoms with van der Waals surface area (Å²) in [6.45, 7) is 7.63. The zero-order valence-electron chi connectivity index (χ0n) is 18.9. The fourth-order valence-corrected chi connectivity index (χ4v) is 4.37. The second-order valence-electron chi connectivity index (χ2n) is 8.04. The zero-order valence-corrected chi connectivity index (χ0v) is 20.5. The lowest BCUT2D eigenvalue weighted by atomic mass is 10.0. The Morgan fingerprint density at radius 1 is 0.939 bits per heavy atom. The Hall–Kier alpha value is -3.03. The van der Waals surface area contributed by atoms with Crippen molar-refractivity contribution in [1.82, 2.24) is 0 Å². The topological polar surface area (TPSA) is 84.5 Å². The average Bonchev–Trinajstić information content (AvgIpc) is 2.76. The van der Waals surface area contributed by atoms with Gasteiger partial charge in [0.15, 0.2) is 6.10 Å². The van der Waals surface area contributed by atoms with Crippen LogP contribution in [-0.2, 0) is 14.8 Å². The molecule has 1 amide bonds. The largest absolute Gasteiger partial charge is 0.481 e. The van der Waals surface area contributed by atoms with Crippen LogP contribution in [0.15, 0.2) is 71.6 Å². The summed E-state index contributed by atoms with van der Waals surface area (Å²) in [4.78, 5) is 12.7. The van der Waals surface area contributed by atoms with E-state index in [4.69, 9.17) is 16.3 Å². The quantitative estimate of drug-likeness (QED) is 0.410. The van der Waals surface area contributed by atoms with E-state index in [1.165, 1.54) is 24.3 Å². The van der Waals surface area contributed by atoms with Gasteiger partial charge >= 0.3 is 0 Å². The summed E-state index contributed by atoms with van der Waals surface area (Å²) < 4.78 is 33.7. The van der Waals surface area contributed by atoms with Gasteiger partial charge in [0.2, 0.25) is 0 Å². The van der Waals surface area contributed by atoms with E-state index >= 15 is 0 Å². The highest BCUT2D eigenvalue weighted by molar-refractivity contribution is 7.92. The molecule has 2 N–H and O–H groups in total. The second-order valence-corrected chi connectivity index (χ2v) is 10.1. The van der Waals surface area contributed by atoms with Crippen molar-refractivity contribution < 1.29 is 17.9 Å². The first-order valence-corrected chi connectivity index (χ1v) is 12.4. The highest BCUT2D eigenvalue weighted by Gasteiger charge is 2.19. The fourth-order valence-electron chi connectivity index (χ4n) is 3.14. The highest BCUT2D eigenvalue weighted by Crippen LogP contribution is 2.27. The van der Waals surface area contributed by atoms with E-state index in [1.807, 2.05) is 31.2 Å². The number of halogens is 1. The maximum atomic E-state index is 12.7. The van der Waals surface area contributed by atoms with Crippen molar-refractivity contribution >= 4 is 38.9 Å². The van der Waals surface area contributed by atoms with Gasteiger partial charge in [0.05, 0.1) is 10.6 Å².